The minimum atomic E-state index is -1.38. The third kappa shape index (κ3) is 9.44. The predicted molar refractivity (Wildman–Crippen MR) is 187 cm³/mol. The van der Waals surface area contributed by atoms with Gasteiger partial charge in [0, 0.05) is 17.0 Å². The average molecular weight is 766 g/mol. The number of halogens is 4. The zero-order valence-electron chi connectivity index (χ0n) is 28.4. The van der Waals surface area contributed by atoms with Gasteiger partial charge in [-0.3, -0.25) is 4.79 Å². The van der Waals surface area contributed by atoms with E-state index in [-0.39, 0.29) is 39.6 Å². The molecule has 0 saturated carbocycles. The highest BCUT2D eigenvalue weighted by atomic mass is 35.5. The number of carboxylic acids is 1. The number of urea groups is 1. The Labute approximate surface area is 305 Å². The van der Waals surface area contributed by atoms with Crippen LogP contribution in [-0.4, -0.2) is 51.3 Å². The van der Waals surface area contributed by atoms with E-state index in [1.165, 1.54) is 0 Å². The molecule has 0 fully saturated rings. The molecule has 13 nitrogen and oxygen atoms in total. The van der Waals surface area contributed by atoms with Crippen molar-refractivity contribution in [3.05, 3.63) is 100 Å². The number of aromatic amines is 1. The summed E-state index contributed by atoms with van der Waals surface area (Å²) in [7, 11) is 0. The van der Waals surface area contributed by atoms with Crippen molar-refractivity contribution in [2.45, 2.75) is 78.2 Å². The number of ether oxygens (including phenoxy) is 2. The molecule has 0 spiro atoms. The van der Waals surface area contributed by atoms with Crippen LogP contribution in [0.1, 0.15) is 91.3 Å². The maximum Gasteiger partial charge on any atom is 0.339 e. The van der Waals surface area contributed by atoms with E-state index in [9.17, 15) is 37.5 Å². The third-order valence-corrected chi connectivity index (χ3v) is 8.64. The second kappa shape index (κ2) is 17.5. The van der Waals surface area contributed by atoms with Crippen molar-refractivity contribution in [2.24, 2.45) is 0 Å². The van der Waals surface area contributed by atoms with Crippen LogP contribution in [-0.2, 0) is 27.1 Å². The highest BCUT2D eigenvalue weighted by Gasteiger charge is 2.24. The van der Waals surface area contributed by atoms with Gasteiger partial charge in [0.25, 0.3) is 5.56 Å². The summed E-state index contributed by atoms with van der Waals surface area (Å²) in [4.78, 5) is 75.0. The van der Waals surface area contributed by atoms with Gasteiger partial charge < -0.3 is 30.2 Å². The summed E-state index contributed by atoms with van der Waals surface area (Å²) in [5, 5.41) is 13.6. The van der Waals surface area contributed by atoms with E-state index in [2.05, 4.69) is 15.6 Å². The zero-order valence-corrected chi connectivity index (χ0v) is 29.9. The van der Waals surface area contributed by atoms with E-state index in [0.29, 0.717) is 52.8 Å². The Morgan fingerprint density at radius 1 is 0.885 bits per heavy atom. The van der Waals surface area contributed by atoms with Crippen molar-refractivity contribution in [1.29, 1.82) is 0 Å². The largest absolute Gasteiger partial charge is 0.478 e. The minimum Gasteiger partial charge on any atom is -0.478 e. The number of benzene rings is 2. The fourth-order valence-corrected chi connectivity index (χ4v) is 6.10. The number of hydrogen-bond acceptors (Lipinski definition) is 8. The lowest BCUT2D eigenvalue weighted by Crippen LogP contribution is -2.39. The van der Waals surface area contributed by atoms with E-state index in [4.69, 9.17) is 37.8 Å². The molecule has 0 bridgehead atoms. The third-order valence-electron chi connectivity index (χ3n) is 8.02. The molecule has 17 heteroatoms. The van der Waals surface area contributed by atoms with Gasteiger partial charge in [-0.05, 0) is 96.4 Å². The number of hydrogen-bond donors (Lipinski definition) is 4. The Bertz CT molecular complexity index is 2060. The van der Waals surface area contributed by atoms with Gasteiger partial charge in [0.2, 0.25) is 0 Å². The Morgan fingerprint density at radius 2 is 1.52 bits per heavy atom. The number of carboxylic acid groups (broad SMARTS) is 1. The molecule has 5 rings (SSSR count). The quantitative estimate of drug-likeness (QED) is 0.187. The maximum absolute atomic E-state index is 14.2. The number of carbonyl (C=O) groups is 4. The molecule has 2 aliphatic rings. The fraction of sp³-hybridized carbons (Fsp3) is 0.371. The van der Waals surface area contributed by atoms with Gasteiger partial charge in [-0.25, -0.2) is 37.3 Å². The van der Waals surface area contributed by atoms with Gasteiger partial charge in [-0.2, -0.15) is 0 Å². The van der Waals surface area contributed by atoms with Crippen molar-refractivity contribution in [1.82, 2.24) is 14.9 Å². The molecule has 1 heterocycles. The first-order valence-corrected chi connectivity index (χ1v) is 17.1. The minimum absolute atomic E-state index is 0.0684. The van der Waals surface area contributed by atoms with Crippen molar-refractivity contribution in [3.8, 4) is 5.69 Å². The van der Waals surface area contributed by atoms with Crippen LogP contribution in [0, 0.1) is 11.6 Å². The predicted octanol–water partition coefficient (Wildman–Crippen LogP) is 6.45. The van der Waals surface area contributed by atoms with E-state index in [1.54, 1.807) is 20.8 Å². The average Bonchev–Trinajstić information content (AvgIpc) is 3.07. The Balaban J connectivity index is 0.000000238. The van der Waals surface area contributed by atoms with Crippen LogP contribution < -0.4 is 21.9 Å². The van der Waals surface area contributed by atoms with Crippen LogP contribution in [0.2, 0.25) is 10.0 Å². The topological polar surface area (TPSA) is 186 Å². The molecule has 0 radical (unpaired) electrons. The number of amides is 2. The van der Waals surface area contributed by atoms with Crippen LogP contribution in [0.15, 0.2) is 45.1 Å². The van der Waals surface area contributed by atoms with E-state index >= 15 is 0 Å². The molecule has 52 heavy (non-hydrogen) atoms. The van der Waals surface area contributed by atoms with Gasteiger partial charge in [0.1, 0.15) is 11.6 Å². The number of rotatable bonds is 8. The molecule has 0 unspecified atom stereocenters. The maximum atomic E-state index is 14.2. The number of aryl methyl sites for hydroxylation is 1. The SMILES string of the molecule is CCOC(=O)C1=C(NC(=O)Nc2cc(C(=O)OC(C)C)c(Cl)cc2F)CCCC1.O=C(O)c1cc(-n2c(=O)[nH]c3c(c2=O)CCCC3)c(F)cc1Cl. The summed E-state index contributed by atoms with van der Waals surface area (Å²) >= 11 is 11.6. The van der Waals surface area contributed by atoms with Crippen molar-refractivity contribution >= 4 is 52.8 Å². The molecule has 278 valence electrons. The lowest BCUT2D eigenvalue weighted by Gasteiger charge is -2.20. The Kier molecular flexibility index (Phi) is 13.4. The first-order valence-electron chi connectivity index (χ1n) is 16.4. The monoisotopic (exact) mass is 764 g/mol. The summed E-state index contributed by atoms with van der Waals surface area (Å²) in [6.45, 7) is 5.27. The number of esters is 2. The number of carbonyl (C=O) groups excluding carboxylic acids is 3. The van der Waals surface area contributed by atoms with Gasteiger partial charge in [0.15, 0.2) is 0 Å². The molecular weight excluding hydrogens is 729 g/mol. The second-order valence-corrected chi connectivity index (χ2v) is 12.9. The zero-order chi connectivity index (χ0) is 38.3. The smallest absolute Gasteiger partial charge is 0.339 e. The second-order valence-electron chi connectivity index (χ2n) is 12.1. The van der Waals surface area contributed by atoms with Gasteiger partial charge in [-0.1, -0.05) is 23.2 Å². The molecule has 0 atom stereocenters. The van der Waals surface area contributed by atoms with Crippen molar-refractivity contribution in [2.75, 3.05) is 11.9 Å². The van der Waals surface area contributed by atoms with Gasteiger partial charge in [0.05, 0.1) is 50.8 Å². The standard InChI is InChI=1S/C20H24ClFN2O5.C15H12ClFN2O4/c1-4-28-18(25)12-7-5-6-8-16(12)23-20(27)24-17-9-13(14(21)10-15(17)22)19(26)29-11(2)3;16-9-6-10(17)12(5-8(9)14(21)22)19-13(20)7-3-1-2-4-11(7)18-15(19)23/h9-11H,4-8H2,1-3H3,(H2,23,24,27);5-6H,1-4H2,(H,18,23)(H,21,22). The molecule has 4 N–H and O–H groups in total. The summed E-state index contributed by atoms with van der Waals surface area (Å²) in [5.41, 5.74) is -0.685. The first kappa shape index (κ1) is 39.8. The molecule has 0 aliphatic heterocycles. The normalized spacial score (nSPS) is 13.8. The number of aromatic carboxylic acids is 1. The van der Waals surface area contributed by atoms with Crippen LogP contribution in [0.3, 0.4) is 0 Å². The summed E-state index contributed by atoms with van der Waals surface area (Å²) in [5.74, 6) is -4.33. The van der Waals surface area contributed by atoms with E-state index in [1.807, 2.05) is 0 Å². The Hall–Kier alpha value is -5.02. The number of nitrogens with one attached hydrogen (secondary N) is 3. The highest BCUT2D eigenvalue weighted by molar-refractivity contribution is 6.34. The van der Waals surface area contributed by atoms with Crippen LogP contribution >= 0.6 is 23.2 Å². The van der Waals surface area contributed by atoms with Crippen molar-refractivity contribution in [3.63, 3.8) is 0 Å². The highest BCUT2D eigenvalue weighted by Crippen LogP contribution is 2.27. The first-order chi connectivity index (χ1) is 24.6. The lowest BCUT2D eigenvalue weighted by atomic mass is 9.96. The molecule has 2 amide bonds. The van der Waals surface area contributed by atoms with Crippen LogP contribution in [0.5, 0.6) is 0 Å². The van der Waals surface area contributed by atoms with E-state index in [0.717, 1.165) is 49.9 Å². The lowest BCUT2D eigenvalue weighted by molar-refractivity contribution is -0.138. The van der Waals surface area contributed by atoms with Gasteiger partial charge in [-0.15, -0.1) is 0 Å². The summed E-state index contributed by atoms with van der Waals surface area (Å²) in [6.07, 6.45) is 4.97. The number of H-pyrrole nitrogens is 1. The summed E-state index contributed by atoms with van der Waals surface area (Å²) < 4.78 is 39.1. The molecule has 3 aromatic rings. The number of allylic oxidation sites excluding steroid dienone is 1. The van der Waals surface area contributed by atoms with Crippen LogP contribution in [0.25, 0.3) is 5.69 Å². The summed E-state index contributed by atoms with van der Waals surface area (Å²) in [6, 6.07) is 2.98. The molecular formula is C35H36Cl2F2N4O9. The molecule has 0 saturated heterocycles. The molecule has 2 aromatic carbocycles. The molecule has 2 aliphatic carbocycles. The Morgan fingerprint density at radius 3 is 2.19 bits per heavy atom. The van der Waals surface area contributed by atoms with E-state index < -0.39 is 52.5 Å². The molecule has 1 aromatic heterocycles. The van der Waals surface area contributed by atoms with Crippen LogP contribution in [0.4, 0.5) is 19.3 Å². The number of aromatic nitrogens is 2. The number of anilines is 1. The number of nitrogens with zero attached hydrogens (tertiary/aromatic N) is 1. The number of fused-ring (bicyclic) bond motifs is 1. The van der Waals surface area contributed by atoms with Gasteiger partial charge >= 0.3 is 29.6 Å². The van der Waals surface area contributed by atoms with Crippen molar-refractivity contribution < 1.29 is 42.5 Å². The fourth-order valence-electron chi connectivity index (χ4n) is 5.64.